The van der Waals surface area contributed by atoms with E-state index >= 15 is 0 Å². The SMILES string of the molecule is CCc1cccc(CC)c1NC(=O)CNC(=O)c1ccc(F)cc1. The molecule has 0 aliphatic heterocycles. The van der Waals surface area contributed by atoms with Gasteiger partial charge in [0, 0.05) is 11.3 Å². The van der Waals surface area contributed by atoms with E-state index in [1.165, 1.54) is 24.3 Å². The van der Waals surface area contributed by atoms with Crippen LogP contribution in [0.25, 0.3) is 0 Å². The van der Waals surface area contributed by atoms with Gasteiger partial charge in [-0.15, -0.1) is 0 Å². The van der Waals surface area contributed by atoms with Crippen molar-refractivity contribution < 1.29 is 14.0 Å². The largest absolute Gasteiger partial charge is 0.343 e. The molecule has 4 nitrogen and oxygen atoms in total. The molecule has 0 radical (unpaired) electrons. The molecule has 24 heavy (non-hydrogen) atoms. The lowest BCUT2D eigenvalue weighted by atomic mass is 10.0. The number of carbonyl (C=O) groups is 2. The summed E-state index contributed by atoms with van der Waals surface area (Å²) in [6, 6.07) is 11.1. The van der Waals surface area contributed by atoms with Gasteiger partial charge in [0.25, 0.3) is 5.91 Å². The second-order valence-electron chi connectivity index (χ2n) is 5.40. The minimum Gasteiger partial charge on any atom is -0.343 e. The van der Waals surface area contributed by atoms with Crippen molar-refractivity contribution in [2.45, 2.75) is 26.7 Å². The van der Waals surface area contributed by atoms with Gasteiger partial charge in [-0.3, -0.25) is 9.59 Å². The van der Waals surface area contributed by atoms with Crippen LogP contribution in [0.3, 0.4) is 0 Å². The third-order valence-corrected chi connectivity index (χ3v) is 3.78. The van der Waals surface area contributed by atoms with Crippen molar-refractivity contribution in [3.8, 4) is 0 Å². The van der Waals surface area contributed by atoms with E-state index in [9.17, 15) is 14.0 Å². The average molecular weight is 328 g/mol. The number of para-hydroxylation sites is 1. The molecule has 0 saturated carbocycles. The average Bonchev–Trinajstić information content (AvgIpc) is 2.60. The van der Waals surface area contributed by atoms with Gasteiger partial charge in [-0.2, -0.15) is 0 Å². The maximum atomic E-state index is 12.9. The molecule has 0 fully saturated rings. The zero-order valence-corrected chi connectivity index (χ0v) is 13.9. The minimum absolute atomic E-state index is 0.141. The maximum Gasteiger partial charge on any atom is 0.251 e. The molecular weight excluding hydrogens is 307 g/mol. The molecule has 2 aromatic rings. The first kappa shape index (κ1) is 17.7. The van der Waals surface area contributed by atoms with Crippen LogP contribution in [0.2, 0.25) is 0 Å². The lowest BCUT2D eigenvalue weighted by Crippen LogP contribution is -2.33. The number of carbonyl (C=O) groups excluding carboxylic acids is 2. The normalized spacial score (nSPS) is 10.3. The predicted octanol–water partition coefficient (Wildman–Crippen LogP) is 3.32. The molecule has 0 bridgehead atoms. The van der Waals surface area contributed by atoms with Crippen LogP contribution in [-0.2, 0) is 17.6 Å². The minimum atomic E-state index is -0.412. The van der Waals surface area contributed by atoms with Crippen LogP contribution in [0.4, 0.5) is 10.1 Å². The molecule has 2 aromatic carbocycles. The summed E-state index contributed by atoms with van der Waals surface area (Å²) in [5, 5.41) is 5.42. The van der Waals surface area contributed by atoms with E-state index in [0.29, 0.717) is 5.56 Å². The van der Waals surface area contributed by atoms with E-state index in [1.54, 1.807) is 0 Å². The Kier molecular flexibility index (Phi) is 6.07. The molecule has 0 aromatic heterocycles. The van der Waals surface area contributed by atoms with Crippen LogP contribution >= 0.6 is 0 Å². The number of aryl methyl sites for hydroxylation is 2. The Morgan fingerprint density at radius 1 is 0.958 bits per heavy atom. The summed E-state index contributed by atoms with van der Waals surface area (Å²) >= 11 is 0. The van der Waals surface area contributed by atoms with Gasteiger partial charge in [-0.25, -0.2) is 4.39 Å². The predicted molar refractivity (Wildman–Crippen MR) is 92.6 cm³/mol. The van der Waals surface area contributed by atoms with Crippen molar-refractivity contribution in [1.29, 1.82) is 0 Å². The van der Waals surface area contributed by atoms with E-state index in [4.69, 9.17) is 0 Å². The first-order valence-corrected chi connectivity index (χ1v) is 7.99. The van der Waals surface area contributed by atoms with Gasteiger partial charge >= 0.3 is 0 Å². The number of anilines is 1. The highest BCUT2D eigenvalue weighted by atomic mass is 19.1. The van der Waals surface area contributed by atoms with E-state index in [1.807, 2.05) is 32.0 Å². The quantitative estimate of drug-likeness (QED) is 0.854. The molecule has 0 aliphatic carbocycles. The van der Waals surface area contributed by atoms with Gasteiger partial charge in [0.2, 0.25) is 5.91 Å². The fourth-order valence-corrected chi connectivity index (χ4v) is 2.45. The Labute approximate surface area is 141 Å². The number of hydrogen-bond acceptors (Lipinski definition) is 2. The highest BCUT2D eigenvalue weighted by molar-refractivity contribution is 5.99. The number of benzene rings is 2. The molecule has 0 spiro atoms. The highest BCUT2D eigenvalue weighted by Gasteiger charge is 2.12. The second-order valence-corrected chi connectivity index (χ2v) is 5.40. The van der Waals surface area contributed by atoms with Crippen molar-refractivity contribution in [2.75, 3.05) is 11.9 Å². The van der Waals surface area contributed by atoms with Crippen molar-refractivity contribution >= 4 is 17.5 Å². The molecule has 2 N–H and O–H groups in total. The van der Waals surface area contributed by atoms with Crippen LogP contribution < -0.4 is 10.6 Å². The van der Waals surface area contributed by atoms with Crippen LogP contribution in [0.5, 0.6) is 0 Å². The van der Waals surface area contributed by atoms with Gasteiger partial charge in [0.15, 0.2) is 0 Å². The molecule has 2 rings (SSSR count). The van der Waals surface area contributed by atoms with Crippen molar-refractivity contribution in [3.63, 3.8) is 0 Å². The summed E-state index contributed by atoms with van der Waals surface area (Å²) in [5.41, 5.74) is 3.26. The Bertz CT molecular complexity index is 704. The maximum absolute atomic E-state index is 12.9. The summed E-state index contributed by atoms with van der Waals surface area (Å²) in [6.45, 7) is 3.92. The molecule has 2 amide bonds. The Hall–Kier alpha value is -2.69. The number of rotatable bonds is 6. The number of halogens is 1. The fraction of sp³-hybridized carbons (Fsp3) is 0.263. The summed E-state index contributed by atoms with van der Waals surface area (Å²) < 4.78 is 12.9. The van der Waals surface area contributed by atoms with Crippen molar-refractivity contribution in [1.82, 2.24) is 5.32 Å². The lowest BCUT2D eigenvalue weighted by molar-refractivity contribution is -0.115. The first-order chi connectivity index (χ1) is 11.5. The van der Waals surface area contributed by atoms with Gasteiger partial charge in [-0.05, 0) is 48.2 Å². The van der Waals surface area contributed by atoms with Crippen LogP contribution in [0.15, 0.2) is 42.5 Å². The van der Waals surface area contributed by atoms with E-state index in [-0.39, 0.29) is 12.5 Å². The van der Waals surface area contributed by atoms with Crippen LogP contribution in [-0.4, -0.2) is 18.4 Å². The van der Waals surface area contributed by atoms with Crippen molar-refractivity contribution in [2.24, 2.45) is 0 Å². The van der Waals surface area contributed by atoms with Crippen molar-refractivity contribution in [3.05, 3.63) is 65.0 Å². The molecule has 0 heterocycles. The van der Waals surface area contributed by atoms with Gasteiger partial charge in [0.1, 0.15) is 5.82 Å². The Morgan fingerprint density at radius 3 is 2.08 bits per heavy atom. The second kappa shape index (κ2) is 8.24. The zero-order valence-electron chi connectivity index (χ0n) is 13.9. The summed E-state index contributed by atoms with van der Waals surface area (Å²) in [4.78, 5) is 24.1. The third-order valence-electron chi connectivity index (χ3n) is 3.78. The Balaban J connectivity index is 1.99. The first-order valence-electron chi connectivity index (χ1n) is 7.99. The fourth-order valence-electron chi connectivity index (χ4n) is 2.45. The van der Waals surface area contributed by atoms with E-state index in [2.05, 4.69) is 10.6 Å². The van der Waals surface area contributed by atoms with Gasteiger partial charge in [0.05, 0.1) is 6.54 Å². The number of amides is 2. The van der Waals surface area contributed by atoms with E-state index in [0.717, 1.165) is 29.7 Å². The number of hydrogen-bond donors (Lipinski definition) is 2. The van der Waals surface area contributed by atoms with Crippen LogP contribution in [0, 0.1) is 5.82 Å². The lowest BCUT2D eigenvalue weighted by Gasteiger charge is -2.14. The van der Waals surface area contributed by atoms with Crippen LogP contribution in [0.1, 0.15) is 35.3 Å². The molecule has 5 heteroatoms. The molecule has 0 atom stereocenters. The van der Waals surface area contributed by atoms with E-state index < -0.39 is 11.7 Å². The summed E-state index contributed by atoms with van der Waals surface area (Å²) in [5.74, 6) is -1.11. The van der Waals surface area contributed by atoms with Gasteiger partial charge < -0.3 is 10.6 Å². The molecule has 0 unspecified atom stereocenters. The highest BCUT2D eigenvalue weighted by Crippen LogP contribution is 2.22. The van der Waals surface area contributed by atoms with Gasteiger partial charge in [-0.1, -0.05) is 32.0 Å². The smallest absolute Gasteiger partial charge is 0.251 e. The molecule has 126 valence electrons. The molecular formula is C19H21FN2O2. The zero-order chi connectivity index (χ0) is 17.5. The third kappa shape index (κ3) is 4.41. The Morgan fingerprint density at radius 2 is 1.54 bits per heavy atom. The summed E-state index contributed by atoms with van der Waals surface area (Å²) in [6.07, 6.45) is 1.62. The topological polar surface area (TPSA) is 58.2 Å². The molecule has 0 saturated heterocycles. The monoisotopic (exact) mass is 328 g/mol. The standard InChI is InChI=1S/C19H21FN2O2/c1-3-13-6-5-7-14(4-2)18(13)22-17(23)12-21-19(24)15-8-10-16(20)11-9-15/h5-11H,3-4,12H2,1-2H3,(H,21,24)(H,22,23). The summed E-state index contributed by atoms with van der Waals surface area (Å²) in [7, 11) is 0. The molecule has 0 aliphatic rings. The number of nitrogens with one attached hydrogen (secondary N) is 2.